The lowest BCUT2D eigenvalue weighted by Gasteiger charge is -2.09. The van der Waals surface area contributed by atoms with Crippen LogP contribution in [-0.2, 0) is 4.79 Å². The van der Waals surface area contributed by atoms with Crippen LogP contribution in [0.4, 0.5) is 0 Å². The molecule has 1 atom stereocenters. The van der Waals surface area contributed by atoms with Crippen molar-refractivity contribution in [2.24, 2.45) is 20.7 Å². The van der Waals surface area contributed by atoms with Gasteiger partial charge in [0, 0.05) is 0 Å². The standard InChI is InChI=1S/C5H3N7O/c6-4-9-2-1(3(13)11-4)8-5(10-2)12-7/h1H,(H2-,6,8,9,10,11,13)/p+1. The third-order valence-corrected chi connectivity index (χ3v) is 1.53. The Hall–Kier alpha value is -2.30. The number of rotatable bonds is 0. The van der Waals surface area contributed by atoms with E-state index in [1.165, 1.54) is 0 Å². The van der Waals surface area contributed by atoms with Crippen molar-refractivity contribution in [1.82, 2.24) is 5.32 Å². The fourth-order valence-electron chi connectivity index (χ4n) is 1.02. The SMILES string of the molecule is N#[N+]C1=NC2C(=O)NC(N)=NC2=N1. The predicted molar refractivity (Wildman–Crippen MR) is 43.5 cm³/mol. The summed E-state index contributed by atoms with van der Waals surface area (Å²) < 4.78 is 0. The maximum Gasteiger partial charge on any atom is 0.559 e. The van der Waals surface area contributed by atoms with Gasteiger partial charge in [-0.1, -0.05) is 4.99 Å². The van der Waals surface area contributed by atoms with E-state index in [2.05, 4.69) is 25.3 Å². The molecule has 0 aromatic heterocycles. The molecule has 3 N–H and O–H groups in total. The van der Waals surface area contributed by atoms with Crippen LogP contribution in [0.5, 0.6) is 0 Å². The predicted octanol–water partition coefficient (Wildman–Crippen LogP) is -1.58. The van der Waals surface area contributed by atoms with Crippen LogP contribution in [-0.4, -0.2) is 29.7 Å². The first-order valence-corrected chi connectivity index (χ1v) is 3.37. The molecule has 8 nitrogen and oxygen atoms in total. The number of fused-ring (bicyclic) bond motifs is 1. The summed E-state index contributed by atoms with van der Waals surface area (Å²) in [6.07, 6.45) is 0. The second-order valence-corrected chi connectivity index (χ2v) is 2.39. The lowest BCUT2D eigenvalue weighted by atomic mass is 10.2. The molecule has 0 aliphatic carbocycles. The Kier molecular flexibility index (Phi) is 1.33. The van der Waals surface area contributed by atoms with Gasteiger partial charge < -0.3 is 5.73 Å². The summed E-state index contributed by atoms with van der Waals surface area (Å²) in [5.74, 6) is -0.484. The Morgan fingerprint density at radius 3 is 3.00 bits per heavy atom. The third-order valence-electron chi connectivity index (χ3n) is 1.53. The maximum absolute atomic E-state index is 11.2. The van der Waals surface area contributed by atoms with Gasteiger partial charge in [-0.2, -0.15) is 4.99 Å². The van der Waals surface area contributed by atoms with Crippen molar-refractivity contribution in [3.63, 3.8) is 0 Å². The fourth-order valence-corrected chi connectivity index (χ4v) is 1.02. The minimum Gasteiger partial charge on any atom is -0.369 e. The molecular formula is C5H4N7O+. The molecule has 2 aliphatic rings. The number of guanidine groups is 2. The molecule has 0 saturated carbocycles. The zero-order chi connectivity index (χ0) is 9.42. The summed E-state index contributed by atoms with van der Waals surface area (Å²) >= 11 is 0. The van der Waals surface area contributed by atoms with Crippen molar-refractivity contribution >= 4 is 23.7 Å². The number of nitrogens with zero attached hydrogens (tertiary/aromatic N) is 5. The third kappa shape index (κ3) is 1.02. The van der Waals surface area contributed by atoms with Gasteiger partial charge in [-0.15, -0.1) is 0 Å². The molecule has 0 spiro atoms. The molecule has 64 valence electrons. The first-order chi connectivity index (χ1) is 6.20. The Morgan fingerprint density at radius 2 is 2.31 bits per heavy atom. The van der Waals surface area contributed by atoms with Crippen LogP contribution < -0.4 is 11.1 Å². The van der Waals surface area contributed by atoms with E-state index in [0.29, 0.717) is 0 Å². The number of carbonyl (C=O) groups is 1. The van der Waals surface area contributed by atoms with Crippen LogP contribution in [0, 0.1) is 5.39 Å². The van der Waals surface area contributed by atoms with E-state index in [1.54, 1.807) is 0 Å². The number of hydrogen-bond donors (Lipinski definition) is 2. The molecule has 0 radical (unpaired) electrons. The van der Waals surface area contributed by atoms with Crippen molar-refractivity contribution < 1.29 is 4.79 Å². The van der Waals surface area contributed by atoms with Gasteiger partial charge in [-0.05, 0) is 9.97 Å². The summed E-state index contributed by atoms with van der Waals surface area (Å²) in [6.45, 7) is 0. The van der Waals surface area contributed by atoms with Gasteiger partial charge in [0.25, 0.3) is 17.8 Å². The molecule has 1 unspecified atom stereocenters. The second kappa shape index (κ2) is 2.34. The van der Waals surface area contributed by atoms with E-state index in [4.69, 9.17) is 11.1 Å². The van der Waals surface area contributed by atoms with Crippen molar-refractivity contribution in [3.8, 4) is 0 Å². The highest BCUT2D eigenvalue weighted by molar-refractivity contribution is 6.24. The molecule has 2 aliphatic heterocycles. The number of nitrogens with two attached hydrogens (primary N) is 1. The Bertz CT molecular complexity index is 411. The number of carbonyl (C=O) groups excluding carboxylic acids is 1. The van der Waals surface area contributed by atoms with Crippen LogP contribution in [0.15, 0.2) is 15.0 Å². The van der Waals surface area contributed by atoms with Gasteiger partial charge in [-0.3, -0.25) is 10.1 Å². The fraction of sp³-hybridized carbons (Fsp3) is 0.200. The van der Waals surface area contributed by atoms with Crippen molar-refractivity contribution in [2.75, 3.05) is 0 Å². The zero-order valence-electron chi connectivity index (χ0n) is 6.30. The molecular weight excluding hydrogens is 174 g/mol. The summed E-state index contributed by atoms with van der Waals surface area (Å²) in [4.78, 5) is 24.9. The Balaban J connectivity index is 2.44. The number of amidine groups is 1. The lowest BCUT2D eigenvalue weighted by Crippen LogP contribution is -2.49. The zero-order valence-corrected chi connectivity index (χ0v) is 6.30. The first-order valence-electron chi connectivity index (χ1n) is 3.37. The highest BCUT2D eigenvalue weighted by atomic mass is 16.2. The summed E-state index contributed by atoms with van der Waals surface area (Å²) in [7, 11) is 0. The van der Waals surface area contributed by atoms with Gasteiger partial charge in [0.1, 0.15) is 0 Å². The minimum atomic E-state index is -0.835. The van der Waals surface area contributed by atoms with Crippen LogP contribution in [0.1, 0.15) is 0 Å². The van der Waals surface area contributed by atoms with Crippen LogP contribution in [0.25, 0.3) is 4.98 Å². The topological polar surface area (TPSA) is 120 Å². The smallest absolute Gasteiger partial charge is 0.369 e. The molecule has 2 rings (SSSR count). The second-order valence-electron chi connectivity index (χ2n) is 2.39. The van der Waals surface area contributed by atoms with Gasteiger partial charge in [0.2, 0.25) is 5.96 Å². The van der Waals surface area contributed by atoms with E-state index < -0.39 is 11.9 Å². The van der Waals surface area contributed by atoms with Crippen LogP contribution in [0.3, 0.4) is 0 Å². The van der Waals surface area contributed by atoms with E-state index in [-0.39, 0.29) is 17.8 Å². The molecule has 2 heterocycles. The largest absolute Gasteiger partial charge is 0.559 e. The normalized spacial score (nSPS) is 25.0. The number of amides is 1. The van der Waals surface area contributed by atoms with E-state index >= 15 is 0 Å². The molecule has 0 saturated heterocycles. The van der Waals surface area contributed by atoms with Crippen LogP contribution in [0.2, 0.25) is 0 Å². The van der Waals surface area contributed by atoms with Crippen molar-refractivity contribution in [2.45, 2.75) is 6.04 Å². The van der Waals surface area contributed by atoms with E-state index in [1.807, 2.05) is 0 Å². The van der Waals surface area contributed by atoms with Gasteiger partial charge in [0.15, 0.2) is 0 Å². The number of hydrogen-bond acceptors (Lipinski definition) is 6. The lowest BCUT2D eigenvalue weighted by molar-refractivity contribution is -0.119. The highest BCUT2D eigenvalue weighted by Gasteiger charge is 2.42. The molecule has 8 heteroatoms. The maximum atomic E-state index is 11.2. The number of nitrogens with one attached hydrogen (secondary N) is 1. The number of aliphatic imine (C=N–C) groups is 3. The Morgan fingerprint density at radius 1 is 1.54 bits per heavy atom. The molecule has 1 amide bonds. The number of diazo groups is 1. The van der Waals surface area contributed by atoms with Crippen LogP contribution >= 0.6 is 0 Å². The summed E-state index contributed by atoms with van der Waals surface area (Å²) in [5.41, 5.74) is 5.26. The summed E-state index contributed by atoms with van der Waals surface area (Å²) in [6, 6.07) is -0.835. The average molecular weight is 178 g/mol. The quantitative estimate of drug-likeness (QED) is 0.435. The van der Waals surface area contributed by atoms with E-state index in [9.17, 15) is 4.79 Å². The van der Waals surface area contributed by atoms with Crippen molar-refractivity contribution in [1.29, 1.82) is 5.39 Å². The molecule has 0 fully saturated rings. The van der Waals surface area contributed by atoms with Gasteiger partial charge in [-0.25, -0.2) is 0 Å². The monoisotopic (exact) mass is 178 g/mol. The molecule has 0 bridgehead atoms. The minimum absolute atomic E-state index is 0.0330. The van der Waals surface area contributed by atoms with Gasteiger partial charge >= 0.3 is 5.96 Å². The van der Waals surface area contributed by atoms with E-state index in [0.717, 1.165) is 0 Å². The highest BCUT2D eigenvalue weighted by Crippen LogP contribution is 2.10. The summed E-state index contributed by atoms with van der Waals surface area (Å²) in [5, 5.41) is 10.6. The average Bonchev–Trinajstić information content (AvgIpc) is 2.47. The van der Waals surface area contributed by atoms with Crippen molar-refractivity contribution in [3.05, 3.63) is 4.98 Å². The Labute approximate surface area is 71.9 Å². The first kappa shape index (κ1) is 7.35. The molecule has 0 aromatic rings. The molecule has 0 aromatic carbocycles. The molecule has 13 heavy (non-hydrogen) atoms. The van der Waals surface area contributed by atoms with Gasteiger partial charge in [0.05, 0.1) is 5.39 Å².